The van der Waals surface area contributed by atoms with Gasteiger partial charge in [-0.25, -0.2) is 0 Å². The van der Waals surface area contributed by atoms with E-state index in [0.717, 1.165) is 25.7 Å². The second-order valence-electron chi connectivity index (χ2n) is 4.12. The third-order valence-corrected chi connectivity index (χ3v) is 1.87. The van der Waals surface area contributed by atoms with Crippen LogP contribution in [0.3, 0.4) is 0 Å². The number of hydrogen-bond donors (Lipinski definition) is 1. The van der Waals surface area contributed by atoms with Crippen molar-refractivity contribution in [1.82, 2.24) is 0 Å². The van der Waals surface area contributed by atoms with Crippen LogP contribution in [0.25, 0.3) is 0 Å². The summed E-state index contributed by atoms with van der Waals surface area (Å²) in [6, 6.07) is 0. The van der Waals surface area contributed by atoms with Crippen molar-refractivity contribution in [2.75, 3.05) is 0 Å². The Morgan fingerprint density at radius 3 is 2.08 bits per heavy atom. The topological polar surface area (TPSA) is 20.2 Å². The Bertz CT molecular complexity index is 166. The van der Waals surface area contributed by atoms with Gasteiger partial charge in [0, 0.05) is 12.8 Å². The second kappa shape index (κ2) is 6.97. The molecule has 0 aromatic rings. The zero-order chi connectivity index (χ0) is 10.2. The van der Waals surface area contributed by atoms with Crippen molar-refractivity contribution in [2.24, 2.45) is 0 Å². The quantitative estimate of drug-likeness (QED) is 0.511. The molecular formula is C12H22O. The van der Waals surface area contributed by atoms with Gasteiger partial charge in [0.05, 0.1) is 5.60 Å². The Hall–Kier alpha value is -0.480. The molecule has 0 heterocycles. The molecule has 0 aromatic heterocycles. The van der Waals surface area contributed by atoms with Crippen LogP contribution < -0.4 is 0 Å². The molecule has 1 nitrogen and oxygen atoms in total. The van der Waals surface area contributed by atoms with Crippen LogP contribution in [0.1, 0.15) is 59.3 Å². The van der Waals surface area contributed by atoms with Crippen LogP contribution in [0.2, 0.25) is 0 Å². The first-order valence-corrected chi connectivity index (χ1v) is 5.24. The lowest BCUT2D eigenvalue weighted by molar-refractivity contribution is 0.0693. The minimum atomic E-state index is -0.523. The lowest BCUT2D eigenvalue weighted by atomic mass is 10.0. The van der Waals surface area contributed by atoms with Gasteiger partial charge in [0.1, 0.15) is 0 Å². The minimum Gasteiger partial charge on any atom is -0.390 e. The van der Waals surface area contributed by atoms with Gasteiger partial charge in [-0.1, -0.05) is 13.3 Å². The minimum absolute atomic E-state index is 0.523. The molecule has 0 saturated heterocycles. The summed E-state index contributed by atoms with van der Waals surface area (Å²) in [5.74, 6) is 6.27. The third kappa shape index (κ3) is 11.5. The van der Waals surface area contributed by atoms with Crippen LogP contribution in [0.4, 0.5) is 0 Å². The van der Waals surface area contributed by atoms with E-state index in [4.69, 9.17) is 0 Å². The summed E-state index contributed by atoms with van der Waals surface area (Å²) >= 11 is 0. The molecule has 0 spiro atoms. The molecule has 13 heavy (non-hydrogen) atoms. The van der Waals surface area contributed by atoms with Gasteiger partial charge in [0.15, 0.2) is 0 Å². The van der Waals surface area contributed by atoms with Gasteiger partial charge in [-0.3, -0.25) is 0 Å². The normalized spacial score (nSPS) is 10.8. The predicted octanol–water partition coefficient (Wildman–Crippen LogP) is 3.12. The molecule has 0 rings (SSSR count). The second-order valence-corrected chi connectivity index (χ2v) is 4.12. The maximum atomic E-state index is 9.41. The summed E-state index contributed by atoms with van der Waals surface area (Å²) in [4.78, 5) is 0. The van der Waals surface area contributed by atoms with Crippen molar-refractivity contribution in [3.63, 3.8) is 0 Å². The maximum Gasteiger partial charge on any atom is 0.0592 e. The number of rotatable bonds is 5. The molecule has 0 unspecified atom stereocenters. The first-order valence-electron chi connectivity index (χ1n) is 5.24. The fraction of sp³-hybridized carbons (Fsp3) is 0.833. The van der Waals surface area contributed by atoms with Crippen LogP contribution in [-0.4, -0.2) is 10.7 Å². The van der Waals surface area contributed by atoms with Crippen molar-refractivity contribution >= 4 is 0 Å². The monoisotopic (exact) mass is 182 g/mol. The van der Waals surface area contributed by atoms with E-state index in [2.05, 4.69) is 18.8 Å². The van der Waals surface area contributed by atoms with E-state index in [1.54, 1.807) is 0 Å². The van der Waals surface area contributed by atoms with E-state index in [9.17, 15) is 5.11 Å². The molecule has 0 radical (unpaired) electrons. The molecule has 0 aromatic carbocycles. The van der Waals surface area contributed by atoms with Crippen molar-refractivity contribution in [2.45, 2.75) is 64.9 Å². The highest BCUT2D eigenvalue weighted by Gasteiger charge is 2.10. The molecule has 0 saturated carbocycles. The maximum absolute atomic E-state index is 9.41. The average molecular weight is 182 g/mol. The van der Waals surface area contributed by atoms with Crippen LogP contribution >= 0.6 is 0 Å². The van der Waals surface area contributed by atoms with Gasteiger partial charge < -0.3 is 5.11 Å². The summed E-state index contributed by atoms with van der Waals surface area (Å²) in [6.45, 7) is 5.87. The van der Waals surface area contributed by atoms with E-state index >= 15 is 0 Å². The van der Waals surface area contributed by atoms with Crippen molar-refractivity contribution in [3.8, 4) is 11.8 Å². The molecular weight excluding hydrogens is 160 g/mol. The number of hydrogen-bond acceptors (Lipinski definition) is 1. The van der Waals surface area contributed by atoms with Crippen molar-refractivity contribution < 1.29 is 5.11 Å². The summed E-state index contributed by atoms with van der Waals surface area (Å²) < 4.78 is 0. The van der Waals surface area contributed by atoms with E-state index < -0.39 is 5.60 Å². The third-order valence-electron chi connectivity index (χ3n) is 1.87. The Balaban J connectivity index is 3.28. The zero-order valence-electron chi connectivity index (χ0n) is 9.19. The Labute approximate surface area is 82.5 Å². The largest absolute Gasteiger partial charge is 0.390 e. The highest BCUT2D eigenvalue weighted by atomic mass is 16.3. The molecule has 0 aliphatic rings. The van der Waals surface area contributed by atoms with Crippen LogP contribution in [-0.2, 0) is 0 Å². The van der Waals surface area contributed by atoms with E-state index in [1.807, 2.05) is 13.8 Å². The molecule has 0 aliphatic heterocycles. The molecule has 0 aliphatic carbocycles. The standard InChI is InChI=1S/C12H22O/c1-4-5-6-7-8-9-10-11-12(2,3)13/h13H,4-6,9-11H2,1-3H3. The zero-order valence-corrected chi connectivity index (χ0v) is 9.19. The lowest BCUT2D eigenvalue weighted by Gasteiger charge is -2.15. The molecule has 0 fully saturated rings. The SMILES string of the molecule is CCCCC#CCCCC(C)(C)O. The van der Waals surface area contributed by atoms with Crippen LogP contribution in [0.15, 0.2) is 0 Å². The van der Waals surface area contributed by atoms with Gasteiger partial charge in [-0.15, -0.1) is 11.8 Å². The molecule has 1 heteroatoms. The summed E-state index contributed by atoms with van der Waals surface area (Å²) in [7, 11) is 0. The smallest absolute Gasteiger partial charge is 0.0592 e. The molecule has 76 valence electrons. The van der Waals surface area contributed by atoms with E-state index in [-0.39, 0.29) is 0 Å². The summed E-state index contributed by atoms with van der Waals surface area (Å²) in [5.41, 5.74) is -0.523. The highest BCUT2D eigenvalue weighted by molar-refractivity contribution is 4.98. The predicted molar refractivity (Wildman–Crippen MR) is 57.4 cm³/mol. The van der Waals surface area contributed by atoms with E-state index in [1.165, 1.54) is 12.8 Å². The average Bonchev–Trinajstić information content (AvgIpc) is 2.01. The lowest BCUT2D eigenvalue weighted by Crippen LogP contribution is -2.17. The Kier molecular flexibility index (Phi) is 6.72. The van der Waals surface area contributed by atoms with Gasteiger partial charge in [0.25, 0.3) is 0 Å². The van der Waals surface area contributed by atoms with Gasteiger partial charge in [-0.2, -0.15) is 0 Å². The van der Waals surface area contributed by atoms with Crippen molar-refractivity contribution in [3.05, 3.63) is 0 Å². The van der Waals surface area contributed by atoms with Crippen LogP contribution in [0, 0.1) is 11.8 Å². The number of unbranched alkanes of at least 4 members (excludes halogenated alkanes) is 3. The Morgan fingerprint density at radius 2 is 1.62 bits per heavy atom. The fourth-order valence-electron chi connectivity index (χ4n) is 1.05. The molecule has 0 atom stereocenters. The fourth-order valence-corrected chi connectivity index (χ4v) is 1.05. The molecule has 0 bridgehead atoms. The summed E-state index contributed by atoms with van der Waals surface area (Å²) in [5, 5.41) is 9.41. The highest BCUT2D eigenvalue weighted by Crippen LogP contribution is 2.11. The van der Waals surface area contributed by atoms with Crippen LogP contribution in [0.5, 0.6) is 0 Å². The van der Waals surface area contributed by atoms with E-state index in [0.29, 0.717) is 0 Å². The van der Waals surface area contributed by atoms with Crippen molar-refractivity contribution in [1.29, 1.82) is 0 Å². The molecule has 0 amide bonds. The van der Waals surface area contributed by atoms with Gasteiger partial charge in [-0.05, 0) is 33.1 Å². The first kappa shape index (κ1) is 12.5. The van der Waals surface area contributed by atoms with Gasteiger partial charge in [0.2, 0.25) is 0 Å². The number of aliphatic hydroxyl groups is 1. The first-order chi connectivity index (χ1) is 6.06. The summed E-state index contributed by atoms with van der Waals surface area (Å²) in [6.07, 6.45) is 6.22. The Morgan fingerprint density at radius 1 is 1.08 bits per heavy atom. The van der Waals surface area contributed by atoms with Gasteiger partial charge >= 0.3 is 0 Å². The molecule has 1 N–H and O–H groups in total.